The summed E-state index contributed by atoms with van der Waals surface area (Å²) in [5, 5.41) is 0. The second-order valence-corrected chi connectivity index (χ2v) is 3.70. The third-order valence-corrected chi connectivity index (χ3v) is 2.27. The van der Waals surface area contributed by atoms with Crippen LogP contribution in [-0.2, 0) is 0 Å². The van der Waals surface area contributed by atoms with E-state index in [2.05, 4.69) is 9.97 Å². The predicted octanol–water partition coefficient (Wildman–Crippen LogP) is 2.23. The number of aromatic amines is 1. The molecule has 0 saturated carbocycles. The molecule has 2 aromatic rings. The molecule has 2 rings (SSSR count). The SMILES string of the molecule is CCCOc1cncc(-c2cc(=O)cc[nH]2)c1. The van der Waals surface area contributed by atoms with Crippen LogP contribution in [0, 0.1) is 0 Å². The number of aromatic nitrogens is 2. The van der Waals surface area contributed by atoms with E-state index in [1.807, 2.05) is 13.0 Å². The summed E-state index contributed by atoms with van der Waals surface area (Å²) >= 11 is 0. The molecule has 4 heteroatoms. The molecule has 1 N–H and O–H groups in total. The lowest BCUT2D eigenvalue weighted by molar-refractivity contribution is 0.316. The van der Waals surface area contributed by atoms with Crippen LogP contribution in [0.25, 0.3) is 11.3 Å². The number of hydrogen-bond acceptors (Lipinski definition) is 3. The molecule has 0 unspecified atom stereocenters. The van der Waals surface area contributed by atoms with Crippen molar-refractivity contribution in [3.8, 4) is 17.0 Å². The largest absolute Gasteiger partial charge is 0.492 e. The Balaban J connectivity index is 2.29. The van der Waals surface area contributed by atoms with E-state index in [-0.39, 0.29) is 5.43 Å². The van der Waals surface area contributed by atoms with Crippen molar-refractivity contribution >= 4 is 0 Å². The van der Waals surface area contributed by atoms with Crippen LogP contribution in [-0.4, -0.2) is 16.6 Å². The van der Waals surface area contributed by atoms with Gasteiger partial charge in [-0.05, 0) is 12.5 Å². The van der Waals surface area contributed by atoms with Crippen molar-refractivity contribution in [2.75, 3.05) is 6.61 Å². The predicted molar refractivity (Wildman–Crippen MR) is 66.1 cm³/mol. The van der Waals surface area contributed by atoms with Gasteiger partial charge in [0.1, 0.15) is 5.75 Å². The van der Waals surface area contributed by atoms with E-state index in [4.69, 9.17) is 4.74 Å². The van der Waals surface area contributed by atoms with Crippen LogP contribution >= 0.6 is 0 Å². The molecule has 0 aliphatic carbocycles. The highest BCUT2D eigenvalue weighted by molar-refractivity contribution is 5.59. The number of nitrogens with one attached hydrogen (secondary N) is 1. The van der Waals surface area contributed by atoms with Crippen molar-refractivity contribution < 1.29 is 4.74 Å². The van der Waals surface area contributed by atoms with Crippen molar-refractivity contribution in [2.45, 2.75) is 13.3 Å². The Morgan fingerprint density at radius 2 is 2.24 bits per heavy atom. The molecule has 0 bridgehead atoms. The molecule has 0 radical (unpaired) electrons. The number of ether oxygens (including phenoxy) is 1. The molecular formula is C13H14N2O2. The summed E-state index contributed by atoms with van der Waals surface area (Å²) in [5.41, 5.74) is 1.56. The first-order chi connectivity index (χ1) is 8.29. The fourth-order valence-corrected chi connectivity index (χ4v) is 1.48. The molecule has 0 atom stereocenters. The lowest BCUT2D eigenvalue weighted by atomic mass is 10.2. The van der Waals surface area contributed by atoms with Crippen molar-refractivity contribution in [1.29, 1.82) is 0 Å². The highest BCUT2D eigenvalue weighted by Crippen LogP contribution is 2.19. The van der Waals surface area contributed by atoms with Gasteiger partial charge >= 0.3 is 0 Å². The van der Waals surface area contributed by atoms with Gasteiger partial charge in [-0.25, -0.2) is 0 Å². The maximum Gasteiger partial charge on any atom is 0.182 e. The fraction of sp³-hybridized carbons (Fsp3) is 0.231. The van der Waals surface area contributed by atoms with Gasteiger partial charge in [-0.2, -0.15) is 0 Å². The Hall–Kier alpha value is -2.10. The molecule has 2 heterocycles. The normalized spacial score (nSPS) is 10.2. The zero-order valence-corrected chi connectivity index (χ0v) is 9.64. The number of hydrogen-bond donors (Lipinski definition) is 1. The third-order valence-electron chi connectivity index (χ3n) is 2.27. The average Bonchev–Trinajstić information content (AvgIpc) is 2.37. The van der Waals surface area contributed by atoms with Crippen molar-refractivity contribution in [2.24, 2.45) is 0 Å². The molecule has 0 aromatic carbocycles. The standard InChI is InChI=1S/C13H14N2O2/c1-2-5-17-12-6-10(8-14-9-12)13-7-11(16)3-4-15-13/h3-4,6-9H,2,5H2,1H3,(H,15,16). The van der Waals surface area contributed by atoms with Gasteiger partial charge < -0.3 is 9.72 Å². The Bertz CT molecular complexity index is 549. The van der Waals surface area contributed by atoms with Crippen LogP contribution in [0.1, 0.15) is 13.3 Å². The van der Waals surface area contributed by atoms with E-state index in [1.54, 1.807) is 24.7 Å². The lowest BCUT2D eigenvalue weighted by Crippen LogP contribution is -1.99. The summed E-state index contributed by atoms with van der Waals surface area (Å²) in [6, 6.07) is 4.89. The van der Waals surface area contributed by atoms with E-state index in [0.717, 1.165) is 17.7 Å². The van der Waals surface area contributed by atoms with Crippen LogP contribution < -0.4 is 10.2 Å². The fourth-order valence-electron chi connectivity index (χ4n) is 1.48. The monoisotopic (exact) mass is 230 g/mol. The summed E-state index contributed by atoms with van der Waals surface area (Å²) in [4.78, 5) is 18.4. The molecule has 0 saturated heterocycles. The first kappa shape index (κ1) is 11.4. The van der Waals surface area contributed by atoms with Crippen LogP contribution in [0.2, 0.25) is 0 Å². The zero-order valence-electron chi connectivity index (χ0n) is 9.64. The van der Waals surface area contributed by atoms with Gasteiger partial charge in [-0.1, -0.05) is 6.92 Å². The summed E-state index contributed by atoms with van der Waals surface area (Å²) in [5.74, 6) is 0.717. The van der Waals surface area contributed by atoms with E-state index in [9.17, 15) is 4.79 Å². The van der Waals surface area contributed by atoms with Gasteiger partial charge in [0.15, 0.2) is 5.43 Å². The first-order valence-electron chi connectivity index (χ1n) is 5.56. The third kappa shape index (κ3) is 2.93. The number of rotatable bonds is 4. The Kier molecular flexibility index (Phi) is 3.55. The Morgan fingerprint density at radius 1 is 1.35 bits per heavy atom. The highest BCUT2D eigenvalue weighted by Gasteiger charge is 2.01. The second kappa shape index (κ2) is 5.30. The molecule has 0 aliphatic heterocycles. The van der Waals surface area contributed by atoms with E-state index >= 15 is 0 Å². The molecule has 2 aromatic heterocycles. The molecule has 4 nitrogen and oxygen atoms in total. The summed E-state index contributed by atoms with van der Waals surface area (Å²) in [6.07, 6.45) is 5.94. The number of H-pyrrole nitrogens is 1. The summed E-state index contributed by atoms with van der Waals surface area (Å²) < 4.78 is 5.49. The Morgan fingerprint density at radius 3 is 3.00 bits per heavy atom. The molecule has 88 valence electrons. The van der Waals surface area contributed by atoms with Gasteiger partial charge in [-0.3, -0.25) is 9.78 Å². The first-order valence-corrected chi connectivity index (χ1v) is 5.56. The molecule has 0 fully saturated rings. The van der Waals surface area contributed by atoms with Gasteiger partial charge in [0.25, 0.3) is 0 Å². The molecule has 0 amide bonds. The van der Waals surface area contributed by atoms with Gasteiger partial charge in [0.05, 0.1) is 18.5 Å². The van der Waals surface area contributed by atoms with E-state index in [1.165, 1.54) is 6.07 Å². The van der Waals surface area contributed by atoms with Crippen molar-refractivity contribution in [1.82, 2.24) is 9.97 Å². The Labute approximate surface area is 99.3 Å². The average molecular weight is 230 g/mol. The van der Waals surface area contributed by atoms with Gasteiger partial charge in [0, 0.05) is 30.1 Å². The summed E-state index contributed by atoms with van der Waals surface area (Å²) in [6.45, 7) is 2.71. The van der Waals surface area contributed by atoms with Crippen LogP contribution in [0.15, 0.2) is 41.6 Å². The minimum absolute atomic E-state index is 0.0290. The molecule has 0 spiro atoms. The maximum absolute atomic E-state index is 11.2. The zero-order chi connectivity index (χ0) is 12.1. The molecular weight excluding hydrogens is 216 g/mol. The number of nitrogens with zero attached hydrogens (tertiary/aromatic N) is 1. The quantitative estimate of drug-likeness (QED) is 0.876. The lowest BCUT2D eigenvalue weighted by Gasteiger charge is -2.06. The maximum atomic E-state index is 11.2. The topological polar surface area (TPSA) is 55.0 Å². The van der Waals surface area contributed by atoms with Crippen LogP contribution in [0.5, 0.6) is 5.75 Å². The minimum atomic E-state index is -0.0290. The van der Waals surface area contributed by atoms with E-state index < -0.39 is 0 Å². The summed E-state index contributed by atoms with van der Waals surface area (Å²) in [7, 11) is 0. The van der Waals surface area contributed by atoms with Crippen LogP contribution in [0.3, 0.4) is 0 Å². The minimum Gasteiger partial charge on any atom is -0.492 e. The second-order valence-electron chi connectivity index (χ2n) is 3.70. The van der Waals surface area contributed by atoms with Crippen molar-refractivity contribution in [3.05, 3.63) is 47.0 Å². The highest BCUT2D eigenvalue weighted by atomic mass is 16.5. The molecule has 0 aliphatic rings. The van der Waals surface area contributed by atoms with Crippen molar-refractivity contribution in [3.63, 3.8) is 0 Å². The van der Waals surface area contributed by atoms with Crippen LogP contribution in [0.4, 0.5) is 0 Å². The van der Waals surface area contributed by atoms with E-state index in [0.29, 0.717) is 12.4 Å². The number of pyridine rings is 2. The van der Waals surface area contributed by atoms with Gasteiger partial charge in [-0.15, -0.1) is 0 Å². The molecule has 17 heavy (non-hydrogen) atoms. The van der Waals surface area contributed by atoms with Gasteiger partial charge in [0.2, 0.25) is 0 Å². The smallest absolute Gasteiger partial charge is 0.182 e.